The van der Waals surface area contributed by atoms with Crippen LogP contribution in [0.15, 0.2) is 21.2 Å². The van der Waals surface area contributed by atoms with Gasteiger partial charge in [-0.3, -0.25) is 0 Å². The highest BCUT2D eigenvalue weighted by atomic mass is 79.9. The molecule has 1 heterocycles. The molecule has 0 spiro atoms. The van der Waals surface area contributed by atoms with Crippen molar-refractivity contribution in [1.29, 1.82) is 0 Å². The van der Waals surface area contributed by atoms with E-state index < -0.39 is 0 Å². The Balaban J connectivity index is 2.26. The van der Waals surface area contributed by atoms with E-state index in [1.54, 1.807) is 11.8 Å². The van der Waals surface area contributed by atoms with E-state index in [0.717, 1.165) is 22.6 Å². The van der Waals surface area contributed by atoms with Gasteiger partial charge >= 0.3 is 0 Å². The second kappa shape index (κ2) is 5.73. The SMILES string of the molecule is CC(CCO)SCc1ccc(Br)o1. The average Bonchev–Trinajstić information content (AvgIpc) is 2.49. The fraction of sp³-hybridized carbons (Fsp3) is 0.556. The predicted molar refractivity (Wildman–Crippen MR) is 58.9 cm³/mol. The quantitative estimate of drug-likeness (QED) is 0.888. The number of hydrogen-bond donors (Lipinski definition) is 1. The van der Waals surface area contributed by atoms with Crippen LogP contribution < -0.4 is 0 Å². The highest BCUT2D eigenvalue weighted by molar-refractivity contribution is 9.10. The molecule has 0 amide bonds. The number of halogens is 1. The lowest BCUT2D eigenvalue weighted by Crippen LogP contribution is -1.99. The molecule has 13 heavy (non-hydrogen) atoms. The first-order chi connectivity index (χ1) is 6.22. The normalized spacial score (nSPS) is 13.2. The molecule has 4 heteroatoms. The zero-order valence-corrected chi connectivity index (χ0v) is 9.90. The number of thioether (sulfide) groups is 1. The molecule has 2 nitrogen and oxygen atoms in total. The minimum atomic E-state index is 0.260. The summed E-state index contributed by atoms with van der Waals surface area (Å²) in [6.07, 6.45) is 0.840. The Kier molecular flexibility index (Phi) is 4.91. The van der Waals surface area contributed by atoms with Crippen LogP contribution >= 0.6 is 27.7 Å². The molecule has 0 saturated carbocycles. The van der Waals surface area contributed by atoms with Gasteiger partial charge in [-0.2, -0.15) is 11.8 Å². The Morgan fingerprint density at radius 2 is 2.38 bits per heavy atom. The third-order valence-electron chi connectivity index (χ3n) is 1.67. The van der Waals surface area contributed by atoms with Crippen molar-refractivity contribution in [2.24, 2.45) is 0 Å². The van der Waals surface area contributed by atoms with Crippen molar-refractivity contribution in [3.05, 3.63) is 22.6 Å². The highest BCUT2D eigenvalue weighted by Gasteiger charge is 2.04. The van der Waals surface area contributed by atoms with Gasteiger partial charge in [-0.15, -0.1) is 0 Å². The maximum Gasteiger partial charge on any atom is 0.169 e. The second-order valence-corrected chi connectivity index (χ2v) is 5.05. The molecular weight excluding hydrogens is 252 g/mol. The smallest absolute Gasteiger partial charge is 0.169 e. The van der Waals surface area contributed by atoms with E-state index >= 15 is 0 Å². The third-order valence-corrected chi connectivity index (χ3v) is 3.36. The summed E-state index contributed by atoms with van der Waals surface area (Å²) in [5.41, 5.74) is 0. The van der Waals surface area contributed by atoms with Crippen LogP contribution in [-0.4, -0.2) is 17.0 Å². The average molecular weight is 265 g/mol. The molecule has 1 rings (SSSR count). The summed E-state index contributed by atoms with van der Waals surface area (Å²) < 4.78 is 6.12. The van der Waals surface area contributed by atoms with Crippen LogP contribution in [0.5, 0.6) is 0 Å². The monoisotopic (exact) mass is 264 g/mol. The Hall–Kier alpha value is 0.0700. The van der Waals surface area contributed by atoms with E-state index in [0.29, 0.717) is 5.25 Å². The van der Waals surface area contributed by atoms with E-state index in [1.165, 1.54) is 0 Å². The zero-order valence-electron chi connectivity index (χ0n) is 7.50. The molecule has 0 radical (unpaired) electrons. The van der Waals surface area contributed by atoms with Gasteiger partial charge < -0.3 is 9.52 Å². The van der Waals surface area contributed by atoms with Crippen LogP contribution in [-0.2, 0) is 5.75 Å². The van der Waals surface area contributed by atoms with Gasteiger partial charge in [-0.25, -0.2) is 0 Å². The minimum absolute atomic E-state index is 0.260. The van der Waals surface area contributed by atoms with Crippen LogP contribution in [0.3, 0.4) is 0 Å². The summed E-state index contributed by atoms with van der Waals surface area (Å²) in [6.45, 7) is 2.37. The summed E-state index contributed by atoms with van der Waals surface area (Å²) in [4.78, 5) is 0. The van der Waals surface area contributed by atoms with Crippen LogP contribution in [0.25, 0.3) is 0 Å². The summed E-state index contributed by atoms with van der Waals surface area (Å²) in [5.74, 6) is 1.84. The molecule has 1 aromatic rings. The lowest BCUT2D eigenvalue weighted by Gasteiger charge is -2.06. The Morgan fingerprint density at radius 1 is 1.62 bits per heavy atom. The van der Waals surface area contributed by atoms with Crippen LogP contribution in [0.4, 0.5) is 0 Å². The van der Waals surface area contributed by atoms with Crippen molar-refractivity contribution < 1.29 is 9.52 Å². The topological polar surface area (TPSA) is 33.4 Å². The first-order valence-electron chi connectivity index (χ1n) is 4.19. The largest absolute Gasteiger partial charge is 0.453 e. The maximum atomic E-state index is 8.69. The Bertz CT molecular complexity index is 250. The van der Waals surface area contributed by atoms with Crippen LogP contribution in [0.2, 0.25) is 0 Å². The lowest BCUT2D eigenvalue weighted by molar-refractivity contribution is 0.289. The van der Waals surface area contributed by atoms with Gasteiger partial charge in [0.25, 0.3) is 0 Å². The van der Waals surface area contributed by atoms with Gasteiger partial charge in [0.05, 0.1) is 5.75 Å². The van der Waals surface area contributed by atoms with Crippen molar-refractivity contribution in [3.8, 4) is 0 Å². The van der Waals surface area contributed by atoms with Crippen molar-refractivity contribution in [2.75, 3.05) is 6.61 Å². The number of hydrogen-bond acceptors (Lipinski definition) is 3. The molecule has 0 saturated heterocycles. The lowest BCUT2D eigenvalue weighted by atomic mass is 10.3. The summed E-state index contributed by atoms with van der Waals surface area (Å²) >= 11 is 5.05. The van der Waals surface area contributed by atoms with Crippen LogP contribution in [0.1, 0.15) is 19.1 Å². The Labute approximate surface area is 90.8 Å². The highest BCUT2D eigenvalue weighted by Crippen LogP contribution is 2.22. The molecule has 0 bridgehead atoms. The molecule has 0 aliphatic carbocycles. The van der Waals surface area contributed by atoms with Crippen LogP contribution in [0, 0.1) is 0 Å². The van der Waals surface area contributed by atoms with Gasteiger partial charge in [0, 0.05) is 11.9 Å². The van der Waals surface area contributed by atoms with Gasteiger partial charge in [-0.05, 0) is 34.5 Å². The summed E-state index contributed by atoms with van der Waals surface area (Å²) in [7, 11) is 0. The minimum Gasteiger partial charge on any atom is -0.453 e. The van der Waals surface area contributed by atoms with Crippen molar-refractivity contribution in [1.82, 2.24) is 0 Å². The van der Waals surface area contributed by atoms with E-state index in [9.17, 15) is 0 Å². The zero-order chi connectivity index (χ0) is 9.68. The van der Waals surface area contributed by atoms with Crippen molar-refractivity contribution in [2.45, 2.75) is 24.3 Å². The molecule has 0 aromatic carbocycles. The fourth-order valence-corrected chi connectivity index (χ4v) is 2.13. The second-order valence-electron chi connectivity index (χ2n) is 2.84. The first-order valence-corrected chi connectivity index (χ1v) is 6.03. The molecular formula is C9H13BrO2S. The third kappa shape index (κ3) is 4.20. The van der Waals surface area contributed by atoms with Gasteiger partial charge in [0.1, 0.15) is 5.76 Å². The molecule has 1 N–H and O–H groups in total. The van der Waals surface area contributed by atoms with E-state index in [-0.39, 0.29) is 6.61 Å². The molecule has 0 aliphatic rings. The Morgan fingerprint density at radius 3 is 2.92 bits per heavy atom. The number of rotatable bonds is 5. The standard InChI is InChI=1S/C9H13BrO2S/c1-7(4-5-11)13-6-8-2-3-9(10)12-8/h2-3,7,11H,4-6H2,1H3. The van der Waals surface area contributed by atoms with Gasteiger partial charge in [0.2, 0.25) is 0 Å². The summed E-state index contributed by atoms with van der Waals surface area (Å²) in [5, 5.41) is 9.17. The fourth-order valence-electron chi connectivity index (χ4n) is 0.919. The predicted octanol–water partition coefficient (Wildman–Crippen LogP) is 3.05. The van der Waals surface area contributed by atoms with Crippen molar-refractivity contribution >= 4 is 27.7 Å². The van der Waals surface area contributed by atoms with Gasteiger partial charge in [0.15, 0.2) is 4.67 Å². The molecule has 74 valence electrons. The van der Waals surface area contributed by atoms with E-state index in [1.807, 2.05) is 12.1 Å². The van der Waals surface area contributed by atoms with E-state index in [4.69, 9.17) is 9.52 Å². The molecule has 0 fully saturated rings. The number of aliphatic hydroxyl groups excluding tert-OH is 1. The maximum absolute atomic E-state index is 8.69. The number of aliphatic hydroxyl groups is 1. The van der Waals surface area contributed by atoms with Gasteiger partial charge in [-0.1, -0.05) is 6.92 Å². The first kappa shape index (κ1) is 11.1. The molecule has 0 aliphatic heterocycles. The molecule has 1 aromatic heterocycles. The molecule has 1 atom stereocenters. The molecule has 1 unspecified atom stereocenters. The summed E-state index contributed by atoms with van der Waals surface area (Å²) in [6, 6.07) is 3.86. The van der Waals surface area contributed by atoms with E-state index in [2.05, 4.69) is 22.9 Å². The number of furan rings is 1. The van der Waals surface area contributed by atoms with Crippen molar-refractivity contribution in [3.63, 3.8) is 0 Å².